The monoisotopic (exact) mass is 377 g/mol. The first-order valence-electron chi connectivity index (χ1n) is 9.03. The number of hydrogen-bond acceptors (Lipinski definition) is 4. The van der Waals surface area contributed by atoms with Crippen LogP contribution in [0.4, 0.5) is 0 Å². The predicted octanol–water partition coefficient (Wildman–Crippen LogP) is 2.08. The van der Waals surface area contributed by atoms with Crippen molar-refractivity contribution in [1.82, 2.24) is 25.2 Å². The summed E-state index contributed by atoms with van der Waals surface area (Å²) in [6.07, 6.45) is 2.14. The maximum absolute atomic E-state index is 12.7. The quantitative estimate of drug-likeness (QED) is 0.684. The molecule has 0 aliphatic rings. The van der Waals surface area contributed by atoms with Crippen molar-refractivity contribution in [3.05, 3.63) is 83.7 Å². The highest BCUT2D eigenvalue weighted by molar-refractivity contribution is 5.92. The van der Waals surface area contributed by atoms with Gasteiger partial charge < -0.3 is 10.2 Å². The molecule has 2 amide bonds. The van der Waals surface area contributed by atoms with E-state index in [1.54, 1.807) is 14.1 Å². The average Bonchev–Trinajstić information content (AvgIpc) is 3.17. The molecular formula is C21H23N5O2. The zero-order chi connectivity index (χ0) is 19.9. The van der Waals surface area contributed by atoms with E-state index < -0.39 is 0 Å². The van der Waals surface area contributed by atoms with Gasteiger partial charge in [0.2, 0.25) is 5.91 Å². The summed E-state index contributed by atoms with van der Waals surface area (Å²) in [6.45, 7) is 0.0411. The normalized spacial score (nSPS) is 11.6. The van der Waals surface area contributed by atoms with Crippen LogP contribution < -0.4 is 5.32 Å². The Morgan fingerprint density at radius 3 is 2.32 bits per heavy atom. The van der Waals surface area contributed by atoms with Crippen LogP contribution in [0.3, 0.4) is 0 Å². The number of likely N-dealkylation sites (N-methyl/N-ethyl adjacent to an activating group) is 1. The van der Waals surface area contributed by atoms with Crippen molar-refractivity contribution < 1.29 is 9.59 Å². The molecule has 3 rings (SSSR count). The molecule has 0 saturated carbocycles. The molecule has 1 aromatic heterocycles. The van der Waals surface area contributed by atoms with Crippen molar-refractivity contribution in [2.24, 2.45) is 0 Å². The van der Waals surface area contributed by atoms with Crippen LogP contribution in [0, 0.1) is 0 Å². The molecule has 0 bridgehead atoms. The van der Waals surface area contributed by atoms with Crippen LogP contribution in [-0.4, -0.2) is 45.8 Å². The number of nitrogens with zero attached hydrogens (tertiary/aromatic N) is 4. The van der Waals surface area contributed by atoms with Crippen molar-refractivity contribution in [3.8, 4) is 0 Å². The molecule has 7 nitrogen and oxygen atoms in total. The van der Waals surface area contributed by atoms with Gasteiger partial charge in [0.15, 0.2) is 5.69 Å². The Kier molecular flexibility index (Phi) is 6.16. The predicted molar refractivity (Wildman–Crippen MR) is 106 cm³/mol. The molecule has 1 heterocycles. The SMILES string of the molecule is CN(C)C(=O)Cn1cc(C(=O)NC(Cc2ccccc2)c2ccccc2)nn1. The summed E-state index contributed by atoms with van der Waals surface area (Å²) in [6, 6.07) is 19.6. The van der Waals surface area contributed by atoms with Crippen LogP contribution in [0.2, 0.25) is 0 Å². The third-order valence-corrected chi connectivity index (χ3v) is 4.36. The summed E-state index contributed by atoms with van der Waals surface area (Å²) in [4.78, 5) is 26.0. The molecule has 7 heteroatoms. The average molecular weight is 377 g/mol. The van der Waals surface area contributed by atoms with Gasteiger partial charge in [0.25, 0.3) is 5.91 Å². The Balaban J connectivity index is 1.74. The Bertz CT molecular complexity index is 922. The van der Waals surface area contributed by atoms with Gasteiger partial charge in [-0.2, -0.15) is 0 Å². The molecule has 2 aromatic carbocycles. The minimum absolute atomic E-state index is 0.0411. The fourth-order valence-electron chi connectivity index (χ4n) is 2.78. The smallest absolute Gasteiger partial charge is 0.273 e. The number of amides is 2. The molecule has 144 valence electrons. The van der Waals surface area contributed by atoms with E-state index >= 15 is 0 Å². The lowest BCUT2D eigenvalue weighted by Crippen LogP contribution is -2.30. The van der Waals surface area contributed by atoms with Crippen LogP contribution >= 0.6 is 0 Å². The first-order chi connectivity index (χ1) is 13.5. The van der Waals surface area contributed by atoms with Crippen molar-refractivity contribution in [2.45, 2.75) is 19.0 Å². The van der Waals surface area contributed by atoms with Gasteiger partial charge in [0, 0.05) is 14.1 Å². The zero-order valence-electron chi connectivity index (χ0n) is 15.9. The molecule has 0 saturated heterocycles. The van der Waals surface area contributed by atoms with Crippen LogP contribution in [0.1, 0.15) is 27.7 Å². The van der Waals surface area contributed by atoms with Gasteiger partial charge in [-0.25, -0.2) is 4.68 Å². The largest absolute Gasteiger partial charge is 0.347 e. The molecule has 3 aromatic rings. The molecule has 0 radical (unpaired) electrons. The summed E-state index contributed by atoms with van der Waals surface area (Å²) in [7, 11) is 3.34. The highest BCUT2D eigenvalue weighted by Gasteiger charge is 2.19. The second-order valence-electron chi connectivity index (χ2n) is 6.72. The molecule has 1 unspecified atom stereocenters. The standard InChI is InChI=1S/C21H23N5O2/c1-25(2)20(27)15-26-14-19(23-24-26)21(28)22-18(17-11-7-4-8-12-17)13-16-9-5-3-6-10-16/h3-12,14,18H,13,15H2,1-2H3,(H,22,28). The lowest BCUT2D eigenvalue weighted by atomic mass is 9.99. The van der Waals surface area contributed by atoms with Gasteiger partial charge in [-0.05, 0) is 17.5 Å². The fourth-order valence-corrected chi connectivity index (χ4v) is 2.78. The lowest BCUT2D eigenvalue weighted by molar-refractivity contribution is -0.129. The Morgan fingerprint density at radius 1 is 1.04 bits per heavy atom. The van der Waals surface area contributed by atoms with Gasteiger partial charge in [-0.3, -0.25) is 9.59 Å². The Morgan fingerprint density at radius 2 is 1.68 bits per heavy atom. The minimum atomic E-state index is -0.326. The molecule has 0 aliphatic carbocycles. The van der Waals surface area contributed by atoms with E-state index in [2.05, 4.69) is 15.6 Å². The van der Waals surface area contributed by atoms with Crippen LogP contribution in [0.25, 0.3) is 0 Å². The lowest BCUT2D eigenvalue weighted by Gasteiger charge is -2.19. The summed E-state index contributed by atoms with van der Waals surface area (Å²) in [5, 5.41) is 10.8. The highest BCUT2D eigenvalue weighted by atomic mass is 16.2. The van der Waals surface area contributed by atoms with Crippen molar-refractivity contribution >= 4 is 11.8 Å². The Labute approximate surface area is 164 Å². The molecule has 1 atom stereocenters. The first-order valence-corrected chi connectivity index (χ1v) is 9.03. The molecular weight excluding hydrogens is 354 g/mol. The maximum atomic E-state index is 12.7. The third kappa shape index (κ3) is 5.03. The second kappa shape index (κ2) is 8.94. The van der Waals surface area contributed by atoms with Gasteiger partial charge in [-0.1, -0.05) is 65.9 Å². The van der Waals surface area contributed by atoms with E-state index in [1.165, 1.54) is 15.8 Å². The number of aromatic nitrogens is 3. The van der Waals surface area contributed by atoms with E-state index in [0.717, 1.165) is 11.1 Å². The zero-order valence-corrected chi connectivity index (χ0v) is 15.9. The topological polar surface area (TPSA) is 80.1 Å². The fraction of sp³-hybridized carbons (Fsp3) is 0.238. The Hall–Kier alpha value is -3.48. The van der Waals surface area contributed by atoms with E-state index in [4.69, 9.17) is 0 Å². The third-order valence-electron chi connectivity index (χ3n) is 4.36. The molecule has 28 heavy (non-hydrogen) atoms. The number of rotatable bonds is 7. The van der Waals surface area contributed by atoms with Gasteiger partial charge in [0.05, 0.1) is 12.2 Å². The highest BCUT2D eigenvalue weighted by Crippen LogP contribution is 2.19. The molecule has 0 spiro atoms. The molecule has 0 aliphatic heterocycles. The van der Waals surface area contributed by atoms with Crippen LogP contribution in [0.5, 0.6) is 0 Å². The minimum Gasteiger partial charge on any atom is -0.347 e. The van der Waals surface area contributed by atoms with Crippen molar-refractivity contribution in [2.75, 3.05) is 14.1 Å². The van der Waals surface area contributed by atoms with Crippen LogP contribution in [-0.2, 0) is 17.8 Å². The van der Waals surface area contributed by atoms with Crippen molar-refractivity contribution in [1.29, 1.82) is 0 Å². The van der Waals surface area contributed by atoms with Gasteiger partial charge >= 0.3 is 0 Å². The molecule has 0 fully saturated rings. The van der Waals surface area contributed by atoms with E-state index in [1.807, 2.05) is 60.7 Å². The summed E-state index contributed by atoms with van der Waals surface area (Å²) < 4.78 is 1.37. The summed E-state index contributed by atoms with van der Waals surface area (Å²) >= 11 is 0. The number of carbonyl (C=O) groups excluding carboxylic acids is 2. The molecule has 1 N–H and O–H groups in total. The van der Waals surface area contributed by atoms with E-state index in [9.17, 15) is 9.59 Å². The van der Waals surface area contributed by atoms with Crippen LogP contribution in [0.15, 0.2) is 66.9 Å². The first kappa shape index (κ1) is 19.3. The van der Waals surface area contributed by atoms with Crippen molar-refractivity contribution in [3.63, 3.8) is 0 Å². The summed E-state index contributed by atoms with van der Waals surface area (Å²) in [5.74, 6) is -0.448. The van der Waals surface area contributed by atoms with Gasteiger partial charge in [-0.15, -0.1) is 5.10 Å². The summed E-state index contributed by atoms with van der Waals surface area (Å²) in [5.41, 5.74) is 2.31. The van der Waals surface area contributed by atoms with Gasteiger partial charge in [0.1, 0.15) is 6.54 Å². The number of carbonyl (C=O) groups is 2. The number of nitrogens with one attached hydrogen (secondary N) is 1. The maximum Gasteiger partial charge on any atom is 0.273 e. The number of benzene rings is 2. The number of hydrogen-bond donors (Lipinski definition) is 1. The van der Waals surface area contributed by atoms with E-state index in [0.29, 0.717) is 6.42 Å². The van der Waals surface area contributed by atoms with E-state index in [-0.39, 0.29) is 30.1 Å². The second-order valence-corrected chi connectivity index (χ2v) is 6.72.